The summed E-state index contributed by atoms with van der Waals surface area (Å²) < 4.78 is 5.93. The van der Waals surface area contributed by atoms with Crippen LogP contribution in [0.15, 0.2) is 54.6 Å². The lowest BCUT2D eigenvalue weighted by Gasteiger charge is -2.37. The summed E-state index contributed by atoms with van der Waals surface area (Å²) in [5.74, 6) is 0.644. The quantitative estimate of drug-likeness (QED) is 0.831. The van der Waals surface area contributed by atoms with Crippen LogP contribution < -0.4 is 4.74 Å². The zero-order valence-electron chi connectivity index (χ0n) is 15.2. The summed E-state index contributed by atoms with van der Waals surface area (Å²) in [7, 11) is 1.77. The first-order valence-electron chi connectivity index (χ1n) is 8.85. The number of ether oxygens (including phenoxy) is 1. The van der Waals surface area contributed by atoms with Crippen molar-refractivity contribution in [1.82, 2.24) is 9.80 Å². The van der Waals surface area contributed by atoms with Gasteiger partial charge in [-0.3, -0.25) is 9.59 Å². The summed E-state index contributed by atoms with van der Waals surface area (Å²) in [5.41, 5.74) is 1.92. The Balaban J connectivity index is 1.68. The molecule has 1 aliphatic rings. The molecule has 5 heteroatoms. The highest BCUT2D eigenvalue weighted by Crippen LogP contribution is 2.22. The van der Waals surface area contributed by atoms with E-state index in [0.717, 1.165) is 11.1 Å². The molecule has 0 aromatic heterocycles. The number of carbonyl (C=O) groups is 2. The lowest BCUT2D eigenvalue weighted by atomic mass is 10.1. The van der Waals surface area contributed by atoms with Crippen molar-refractivity contribution in [2.45, 2.75) is 26.0 Å². The van der Waals surface area contributed by atoms with Gasteiger partial charge in [0.25, 0.3) is 0 Å². The molecule has 1 fully saturated rings. The summed E-state index contributed by atoms with van der Waals surface area (Å²) in [6.45, 7) is 3.37. The molecule has 0 N–H and O–H groups in total. The van der Waals surface area contributed by atoms with Crippen molar-refractivity contribution in [2.24, 2.45) is 0 Å². The molecule has 1 atom stereocenters. The van der Waals surface area contributed by atoms with Crippen molar-refractivity contribution in [2.75, 3.05) is 20.1 Å². The summed E-state index contributed by atoms with van der Waals surface area (Å²) >= 11 is 0. The van der Waals surface area contributed by atoms with Gasteiger partial charge >= 0.3 is 0 Å². The summed E-state index contributed by atoms with van der Waals surface area (Å²) in [5, 5.41) is 0. The van der Waals surface area contributed by atoms with E-state index >= 15 is 0 Å². The third kappa shape index (κ3) is 4.04. The van der Waals surface area contributed by atoms with E-state index in [-0.39, 0.29) is 18.2 Å². The molecule has 0 radical (unpaired) electrons. The number of piperazine rings is 1. The van der Waals surface area contributed by atoms with E-state index in [1.165, 1.54) is 0 Å². The van der Waals surface area contributed by atoms with Gasteiger partial charge in [0.2, 0.25) is 11.8 Å². The highest BCUT2D eigenvalue weighted by Gasteiger charge is 2.32. The second-order valence-corrected chi connectivity index (χ2v) is 6.58. The fraction of sp³-hybridized carbons (Fsp3) is 0.333. The maximum absolute atomic E-state index is 12.8. The number of likely N-dealkylation sites (N-methyl/N-ethyl adjacent to an activating group) is 1. The molecular formula is C21H24N2O3. The molecule has 5 nitrogen and oxygen atoms in total. The van der Waals surface area contributed by atoms with Gasteiger partial charge in [0.1, 0.15) is 18.4 Å². The van der Waals surface area contributed by atoms with Gasteiger partial charge in [-0.2, -0.15) is 0 Å². The smallest absolute Gasteiger partial charge is 0.244 e. The van der Waals surface area contributed by atoms with E-state index in [9.17, 15) is 9.59 Å². The van der Waals surface area contributed by atoms with Crippen molar-refractivity contribution in [1.29, 1.82) is 0 Å². The minimum absolute atomic E-state index is 0.0155. The zero-order valence-corrected chi connectivity index (χ0v) is 15.2. The van der Waals surface area contributed by atoms with Crippen molar-refractivity contribution in [3.8, 4) is 5.75 Å². The SMILES string of the molecule is CC1C(=O)N(C)CCN1C(=O)Cc1ccccc1OCc1ccccc1. The van der Waals surface area contributed by atoms with Gasteiger partial charge in [0.05, 0.1) is 6.42 Å². The second kappa shape index (κ2) is 8.04. The highest BCUT2D eigenvalue weighted by atomic mass is 16.5. The van der Waals surface area contributed by atoms with Gasteiger partial charge in [-0.15, -0.1) is 0 Å². The van der Waals surface area contributed by atoms with E-state index in [4.69, 9.17) is 4.74 Å². The average molecular weight is 352 g/mol. The Labute approximate surface area is 154 Å². The fourth-order valence-corrected chi connectivity index (χ4v) is 3.14. The van der Waals surface area contributed by atoms with Gasteiger partial charge in [0, 0.05) is 25.7 Å². The van der Waals surface area contributed by atoms with Crippen LogP contribution in [-0.2, 0) is 22.6 Å². The van der Waals surface area contributed by atoms with E-state index in [2.05, 4.69) is 0 Å². The number of carbonyl (C=O) groups excluding carboxylic acids is 2. The normalized spacial score (nSPS) is 17.3. The van der Waals surface area contributed by atoms with E-state index in [1.807, 2.05) is 54.6 Å². The monoisotopic (exact) mass is 352 g/mol. The largest absolute Gasteiger partial charge is 0.489 e. The number of para-hydroxylation sites is 1. The van der Waals surface area contributed by atoms with Gasteiger partial charge in [-0.1, -0.05) is 48.5 Å². The summed E-state index contributed by atoms with van der Waals surface area (Å²) in [6, 6.07) is 17.1. The third-order valence-corrected chi connectivity index (χ3v) is 4.75. The number of hydrogen-bond donors (Lipinski definition) is 0. The van der Waals surface area contributed by atoms with Crippen LogP contribution in [0.1, 0.15) is 18.1 Å². The fourth-order valence-electron chi connectivity index (χ4n) is 3.14. The first kappa shape index (κ1) is 18.0. The van der Waals surface area contributed by atoms with Crippen molar-refractivity contribution < 1.29 is 14.3 Å². The molecule has 0 bridgehead atoms. The Hall–Kier alpha value is -2.82. The standard InChI is InChI=1S/C21H24N2O3/c1-16-21(25)22(2)12-13-23(16)20(24)14-18-10-6-7-11-19(18)26-15-17-8-4-3-5-9-17/h3-11,16H,12-15H2,1-2H3. The van der Waals surface area contributed by atoms with Crippen LogP contribution >= 0.6 is 0 Å². The Morgan fingerprint density at radius 3 is 2.54 bits per heavy atom. The Kier molecular flexibility index (Phi) is 5.56. The zero-order chi connectivity index (χ0) is 18.5. The molecule has 1 heterocycles. The number of benzene rings is 2. The van der Waals surface area contributed by atoms with E-state index in [0.29, 0.717) is 25.4 Å². The predicted molar refractivity (Wildman–Crippen MR) is 99.7 cm³/mol. The number of amides is 2. The minimum atomic E-state index is -0.418. The van der Waals surface area contributed by atoms with Crippen LogP contribution in [0.3, 0.4) is 0 Å². The van der Waals surface area contributed by atoms with Gasteiger partial charge in [0.15, 0.2) is 0 Å². The Bertz CT molecular complexity index is 776. The Morgan fingerprint density at radius 2 is 1.77 bits per heavy atom. The molecule has 0 aliphatic carbocycles. The number of rotatable bonds is 5. The van der Waals surface area contributed by atoms with Crippen molar-refractivity contribution >= 4 is 11.8 Å². The number of hydrogen-bond acceptors (Lipinski definition) is 3. The lowest BCUT2D eigenvalue weighted by Crippen LogP contribution is -2.56. The van der Waals surface area contributed by atoms with E-state index in [1.54, 1.807) is 23.8 Å². The Morgan fingerprint density at radius 1 is 1.08 bits per heavy atom. The summed E-state index contributed by atoms with van der Waals surface area (Å²) in [4.78, 5) is 28.2. The molecule has 0 saturated carbocycles. The molecule has 1 unspecified atom stereocenters. The van der Waals surface area contributed by atoms with Crippen LogP contribution in [0.2, 0.25) is 0 Å². The topological polar surface area (TPSA) is 49.9 Å². The molecule has 3 rings (SSSR count). The molecule has 136 valence electrons. The molecule has 0 spiro atoms. The van der Waals surface area contributed by atoms with Crippen LogP contribution in [0.5, 0.6) is 5.75 Å². The van der Waals surface area contributed by atoms with Crippen LogP contribution in [0.25, 0.3) is 0 Å². The predicted octanol–water partition coefficient (Wildman–Crippen LogP) is 2.50. The van der Waals surface area contributed by atoms with Gasteiger partial charge in [-0.25, -0.2) is 0 Å². The molecule has 26 heavy (non-hydrogen) atoms. The van der Waals surface area contributed by atoms with Crippen molar-refractivity contribution in [3.63, 3.8) is 0 Å². The van der Waals surface area contributed by atoms with Crippen LogP contribution in [0.4, 0.5) is 0 Å². The first-order chi connectivity index (χ1) is 12.6. The maximum Gasteiger partial charge on any atom is 0.244 e. The molecule has 2 amide bonds. The molecular weight excluding hydrogens is 328 g/mol. The number of nitrogens with zero attached hydrogens (tertiary/aromatic N) is 2. The van der Waals surface area contributed by atoms with Gasteiger partial charge < -0.3 is 14.5 Å². The molecule has 1 aliphatic heterocycles. The first-order valence-corrected chi connectivity index (χ1v) is 8.85. The van der Waals surface area contributed by atoms with Crippen LogP contribution in [0, 0.1) is 0 Å². The third-order valence-electron chi connectivity index (χ3n) is 4.75. The lowest BCUT2D eigenvalue weighted by molar-refractivity contribution is -0.149. The van der Waals surface area contributed by atoms with Crippen LogP contribution in [-0.4, -0.2) is 47.8 Å². The minimum Gasteiger partial charge on any atom is -0.489 e. The molecule has 2 aromatic rings. The second-order valence-electron chi connectivity index (χ2n) is 6.58. The molecule has 2 aromatic carbocycles. The average Bonchev–Trinajstić information content (AvgIpc) is 2.66. The van der Waals surface area contributed by atoms with Crippen molar-refractivity contribution in [3.05, 3.63) is 65.7 Å². The molecule has 1 saturated heterocycles. The van der Waals surface area contributed by atoms with Gasteiger partial charge in [-0.05, 0) is 18.6 Å². The van der Waals surface area contributed by atoms with E-state index < -0.39 is 6.04 Å². The summed E-state index contributed by atoms with van der Waals surface area (Å²) in [6.07, 6.45) is 0.228. The maximum atomic E-state index is 12.8. The highest BCUT2D eigenvalue weighted by molar-refractivity contribution is 5.89.